The molecule has 0 unspecified atom stereocenters. The van der Waals surface area contributed by atoms with Crippen LogP contribution < -0.4 is 0 Å². The maximum absolute atomic E-state index is 13.1. The van der Waals surface area contributed by atoms with Gasteiger partial charge in [0.1, 0.15) is 5.82 Å². The number of aryl methyl sites for hydroxylation is 1. The molecule has 136 valence electrons. The van der Waals surface area contributed by atoms with Gasteiger partial charge in [0, 0.05) is 29.2 Å². The smallest absolute Gasteiger partial charge is 0.293 e. The first-order chi connectivity index (χ1) is 13.1. The Labute approximate surface area is 160 Å². The molecular weight excluding hydrogens is 363 g/mol. The summed E-state index contributed by atoms with van der Waals surface area (Å²) >= 11 is 0.940. The number of para-hydroxylation sites is 1. The second kappa shape index (κ2) is 7.04. The van der Waals surface area contributed by atoms with E-state index in [4.69, 9.17) is 0 Å². The van der Waals surface area contributed by atoms with E-state index in [2.05, 4.69) is 11.5 Å². The van der Waals surface area contributed by atoms with Crippen LogP contribution in [-0.4, -0.2) is 20.6 Å². The van der Waals surface area contributed by atoms with Gasteiger partial charge >= 0.3 is 0 Å². The van der Waals surface area contributed by atoms with Crippen molar-refractivity contribution in [1.82, 2.24) is 9.47 Å². The summed E-state index contributed by atoms with van der Waals surface area (Å²) in [5.41, 5.74) is 2.72. The molecule has 0 radical (unpaired) electrons. The summed E-state index contributed by atoms with van der Waals surface area (Å²) in [6.45, 7) is 3.02. The zero-order chi connectivity index (χ0) is 19.0. The second-order valence-electron chi connectivity index (χ2n) is 6.28. The van der Waals surface area contributed by atoms with Crippen LogP contribution in [0.2, 0.25) is 0 Å². The van der Waals surface area contributed by atoms with Gasteiger partial charge in [0.2, 0.25) is 0 Å². The van der Waals surface area contributed by atoms with Crippen molar-refractivity contribution in [2.45, 2.75) is 20.0 Å². The molecule has 3 aromatic rings. The highest BCUT2D eigenvalue weighted by Crippen LogP contribution is 2.35. The predicted molar refractivity (Wildman–Crippen MR) is 106 cm³/mol. The van der Waals surface area contributed by atoms with Gasteiger partial charge in [-0.15, -0.1) is 0 Å². The highest BCUT2D eigenvalue weighted by atomic mass is 32.2. The second-order valence-corrected chi connectivity index (χ2v) is 7.28. The van der Waals surface area contributed by atoms with Crippen LogP contribution in [0.25, 0.3) is 17.0 Å². The van der Waals surface area contributed by atoms with Gasteiger partial charge in [0.05, 0.1) is 11.4 Å². The highest BCUT2D eigenvalue weighted by molar-refractivity contribution is 8.18. The molecular formula is C21H17FN2O2S. The number of amides is 2. The average Bonchev–Trinajstić information content (AvgIpc) is 3.16. The lowest BCUT2D eigenvalue weighted by Gasteiger charge is -2.12. The van der Waals surface area contributed by atoms with Crippen LogP contribution in [0, 0.1) is 5.82 Å². The number of carbonyl (C=O) groups is 2. The van der Waals surface area contributed by atoms with Crippen LogP contribution in [0.4, 0.5) is 9.18 Å². The Balaban J connectivity index is 1.64. The van der Waals surface area contributed by atoms with Crippen molar-refractivity contribution in [3.8, 4) is 0 Å². The quantitative estimate of drug-likeness (QED) is 0.596. The number of fused-ring (bicyclic) bond motifs is 1. The number of nitrogens with zero attached hydrogens (tertiary/aromatic N) is 2. The number of halogens is 1. The normalized spacial score (nSPS) is 16.1. The number of carbonyl (C=O) groups excluding carboxylic acids is 2. The van der Waals surface area contributed by atoms with E-state index < -0.39 is 0 Å². The highest BCUT2D eigenvalue weighted by Gasteiger charge is 2.35. The van der Waals surface area contributed by atoms with Crippen molar-refractivity contribution in [3.63, 3.8) is 0 Å². The largest absolute Gasteiger partial charge is 0.347 e. The number of imide groups is 1. The van der Waals surface area contributed by atoms with Gasteiger partial charge in [-0.05, 0) is 48.5 Å². The zero-order valence-electron chi connectivity index (χ0n) is 14.7. The summed E-state index contributed by atoms with van der Waals surface area (Å²) in [5, 5.41) is 0.736. The van der Waals surface area contributed by atoms with Gasteiger partial charge in [-0.3, -0.25) is 14.5 Å². The third-order valence-electron chi connectivity index (χ3n) is 4.57. The van der Waals surface area contributed by atoms with Crippen molar-refractivity contribution in [1.29, 1.82) is 0 Å². The molecule has 1 fully saturated rings. The summed E-state index contributed by atoms with van der Waals surface area (Å²) in [6.07, 6.45) is 3.78. The van der Waals surface area contributed by atoms with Crippen LogP contribution in [0.5, 0.6) is 0 Å². The Morgan fingerprint density at radius 3 is 2.56 bits per heavy atom. The molecule has 0 saturated carbocycles. The van der Waals surface area contributed by atoms with Crippen molar-refractivity contribution >= 4 is 39.9 Å². The number of hydrogen-bond donors (Lipinski definition) is 0. The Morgan fingerprint density at radius 2 is 1.81 bits per heavy atom. The molecule has 1 aliphatic heterocycles. The molecule has 2 aromatic carbocycles. The minimum atomic E-state index is -0.347. The van der Waals surface area contributed by atoms with Crippen LogP contribution in [0.1, 0.15) is 18.1 Å². The van der Waals surface area contributed by atoms with E-state index in [0.717, 1.165) is 34.8 Å². The lowest BCUT2D eigenvalue weighted by Crippen LogP contribution is -2.27. The van der Waals surface area contributed by atoms with E-state index in [1.807, 2.05) is 30.5 Å². The number of thioether (sulfide) groups is 1. The van der Waals surface area contributed by atoms with Gasteiger partial charge in [-0.25, -0.2) is 4.39 Å². The van der Waals surface area contributed by atoms with Crippen LogP contribution >= 0.6 is 11.8 Å². The van der Waals surface area contributed by atoms with Crippen LogP contribution in [-0.2, 0) is 17.9 Å². The lowest BCUT2D eigenvalue weighted by molar-refractivity contribution is -0.123. The zero-order valence-corrected chi connectivity index (χ0v) is 15.5. The summed E-state index contributed by atoms with van der Waals surface area (Å²) in [5.74, 6) is -0.664. The van der Waals surface area contributed by atoms with E-state index in [1.165, 1.54) is 17.0 Å². The molecule has 1 aromatic heterocycles. The summed E-state index contributed by atoms with van der Waals surface area (Å²) in [4.78, 5) is 26.7. The molecule has 1 aliphatic rings. The third-order valence-corrected chi connectivity index (χ3v) is 5.48. The molecule has 6 heteroatoms. The lowest BCUT2D eigenvalue weighted by atomic mass is 10.1. The summed E-state index contributed by atoms with van der Waals surface area (Å²) < 4.78 is 15.2. The molecule has 1 saturated heterocycles. The maximum atomic E-state index is 13.1. The van der Waals surface area contributed by atoms with Gasteiger partial charge in [0.25, 0.3) is 11.1 Å². The van der Waals surface area contributed by atoms with Crippen molar-refractivity contribution in [2.24, 2.45) is 0 Å². The number of aromatic nitrogens is 1. The first-order valence-electron chi connectivity index (χ1n) is 8.64. The molecule has 0 bridgehead atoms. The maximum Gasteiger partial charge on any atom is 0.293 e. The van der Waals surface area contributed by atoms with Gasteiger partial charge in [-0.1, -0.05) is 30.3 Å². The van der Waals surface area contributed by atoms with Crippen molar-refractivity contribution < 1.29 is 14.0 Å². The molecule has 0 atom stereocenters. The van der Waals surface area contributed by atoms with E-state index in [9.17, 15) is 14.0 Å². The molecule has 2 amide bonds. The summed E-state index contributed by atoms with van der Waals surface area (Å²) in [7, 11) is 0. The fraction of sp³-hybridized carbons (Fsp3) is 0.143. The number of hydrogen-bond acceptors (Lipinski definition) is 3. The third kappa shape index (κ3) is 3.28. The Bertz CT molecular complexity index is 1070. The van der Waals surface area contributed by atoms with E-state index in [0.29, 0.717) is 10.5 Å². The van der Waals surface area contributed by atoms with Crippen LogP contribution in [0.3, 0.4) is 0 Å². The fourth-order valence-corrected chi connectivity index (χ4v) is 4.03. The Hall–Kier alpha value is -2.86. The molecule has 0 aliphatic carbocycles. The SMILES string of the molecule is CCn1cc(/C=C2\SC(=O)N(Cc3ccc(F)cc3)C2=O)c2ccccc21. The van der Waals surface area contributed by atoms with Crippen LogP contribution in [0.15, 0.2) is 59.6 Å². The Morgan fingerprint density at radius 1 is 1.07 bits per heavy atom. The molecule has 4 nitrogen and oxygen atoms in total. The molecule has 2 heterocycles. The standard InChI is InChI=1S/C21H17FN2O2S/c1-2-23-13-15(17-5-3-4-6-18(17)23)11-19-20(25)24(21(26)27-19)12-14-7-9-16(22)10-8-14/h3-11,13H,2,12H2,1H3/b19-11-. The van der Waals surface area contributed by atoms with E-state index in [1.54, 1.807) is 18.2 Å². The molecule has 4 rings (SSSR count). The molecule has 0 spiro atoms. The minimum absolute atomic E-state index is 0.138. The first kappa shape index (κ1) is 17.5. The van der Waals surface area contributed by atoms with E-state index >= 15 is 0 Å². The summed E-state index contributed by atoms with van der Waals surface area (Å²) in [6, 6.07) is 13.8. The Kier molecular flexibility index (Phi) is 4.58. The number of rotatable bonds is 4. The van der Waals surface area contributed by atoms with Gasteiger partial charge in [-0.2, -0.15) is 0 Å². The fourth-order valence-electron chi connectivity index (χ4n) is 3.20. The molecule has 0 N–H and O–H groups in total. The average molecular weight is 380 g/mol. The first-order valence-corrected chi connectivity index (χ1v) is 9.46. The van der Waals surface area contributed by atoms with Gasteiger partial charge in [0.15, 0.2) is 0 Å². The predicted octanol–water partition coefficient (Wildman–Crippen LogP) is 5.04. The number of benzene rings is 2. The van der Waals surface area contributed by atoms with Crippen molar-refractivity contribution in [3.05, 3.63) is 76.6 Å². The van der Waals surface area contributed by atoms with Crippen molar-refractivity contribution in [2.75, 3.05) is 0 Å². The van der Waals surface area contributed by atoms with E-state index in [-0.39, 0.29) is 23.5 Å². The minimum Gasteiger partial charge on any atom is -0.347 e. The molecule has 27 heavy (non-hydrogen) atoms. The topological polar surface area (TPSA) is 42.3 Å². The monoisotopic (exact) mass is 380 g/mol. The van der Waals surface area contributed by atoms with Gasteiger partial charge < -0.3 is 4.57 Å².